The van der Waals surface area contributed by atoms with Crippen LogP contribution < -0.4 is 19.6 Å². The zero-order chi connectivity index (χ0) is 27.5. The molecular formula is C36H26N2O2S. The monoisotopic (exact) mass is 550 g/mol. The molecule has 2 aliphatic rings. The maximum atomic E-state index is 14.4. The van der Waals surface area contributed by atoms with Crippen LogP contribution in [0.25, 0.3) is 33.3 Å². The smallest absolute Gasteiger partial charge is 0.271 e. The summed E-state index contributed by atoms with van der Waals surface area (Å²) in [4.78, 5) is 20.3. The number of methoxy groups -OCH3 is 1. The third-order valence-corrected chi connectivity index (χ3v) is 9.38. The van der Waals surface area contributed by atoms with E-state index in [9.17, 15) is 4.79 Å². The quantitative estimate of drug-likeness (QED) is 0.232. The lowest BCUT2D eigenvalue weighted by molar-refractivity contribution is 0.414. The van der Waals surface area contributed by atoms with Crippen LogP contribution in [0.2, 0.25) is 0 Å². The Labute approximate surface area is 240 Å². The molecule has 0 saturated carbocycles. The van der Waals surface area contributed by atoms with Crippen LogP contribution in [0.3, 0.4) is 0 Å². The summed E-state index contributed by atoms with van der Waals surface area (Å²) in [6.07, 6.45) is 3.88. The molecule has 8 rings (SSSR count). The number of aromatic nitrogens is 1. The van der Waals surface area contributed by atoms with Gasteiger partial charge in [-0.25, -0.2) is 4.99 Å². The zero-order valence-corrected chi connectivity index (χ0v) is 23.3. The van der Waals surface area contributed by atoms with Crippen molar-refractivity contribution >= 4 is 44.7 Å². The van der Waals surface area contributed by atoms with Crippen LogP contribution in [0, 0.1) is 0 Å². The van der Waals surface area contributed by atoms with E-state index in [1.165, 1.54) is 28.0 Å². The van der Waals surface area contributed by atoms with Gasteiger partial charge in [0.1, 0.15) is 5.75 Å². The second-order valence-electron chi connectivity index (χ2n) is 10.6. The number of thiazole rings is 1. The van der Waals surface area contributed by atoms with Crippen molar-refractivity contribution in [2.24, 2.45) is 4.99 Å². The molecule has 1 aromatic heterocycles. The van der Waals surface area contributed by atoms with Gasteiger partial charge >= 0.3 is 0 Å². The lowest BCUT2D eigenvalue weighted by Gasteiger charge is -2.30. The van der Waals surface area contributed by atoms with Gasteiger partial charge in [-0.3, -0.25) is 9.36 Å². The van der Waals surface area contributed by atoms with Crippen LogP contribution >= 0.6 is 11.3 Å². The van der Waals surface area contributed by atoms with E-state index >= 15 is 0 Å². The summed E-state index contributed by atoms with van der Waals surface area (Å²) in [7, 11) is 1.67. The number of hydrogen-bond acceptors (Lipinski definition) is 4. The van der Waals surface area contributed by atoms with E-state index in [0.717, 1.165) is 61.8 Å². The summed E-state index contributed by atoms with van der Waals surface area (Å²) in [6.45, 7) is 0. The van der Waals surface area contributed by atoms with Crippen LogP contribution in [0.4, 0.5) is 0 Å². The van der Waals surface area contributed by atoms with E-state index in [-0.39, 0.29) is 11.6 Å². The van der Waals surface area contributed by atoms with Gasteiger partial charge in [-0.1, -0.05) is 96.3 Å². The van der Waals surface area contributed by atoms with Gasteiger partial charge in [-0.2, -0.15) is 0 Å². The van der Waals surface area contributed by atoms with Crippen LogP contribution in [-0.4, -0.2) is 11.7 Å². The molecule has 0 unspecified atom stereocenters. The lowest BCUT2D eigenvalue weighted by Crippen LogP contribution is -2.38. The van der Waals surface area contributed by atoms with Gasteiger partial charge in [-0.15, -0.1) is 0 Å². The Morgan fingerprint density at radius 3 is 2.27 bits per heavy atom. The fourth-order valence-electron chi connectivity index (χ4n) is 6.44. The van der Waals surface area contributed by atoms with Crippen molar-refractivity contribution in [1.29, 1.82) is 0 Å². The van der Waals surface area contributed by atoms with Crippen molar-refractivity contribution in [2.75, 3.05) is 7.11 Å². The predicted molar refractivity (Wildman–Crippen MR) is 167 cm³/mol. The van der Waals surface area contributed by atoms with E-state index in [0.29, 0.717) is 4.53 Å². The molecule has 198 valence electrons. The summed E-state index contributed by atoms with van der Waals surface area (Å²) < 4.78 is 8.05. The van der Waals surface area contributed by atoms with Crippen molar-refractivity contribution in [3.8, 4) is 5.75 Å². The SMILES string of the molecule is COc1ccc([C@@H]2C3=C(N=c4s/c(=C\c5c6ccccc6cc6ccccc56)c(=O)n42)c2ccccc2CC3)cc1. The molecule has 1 aliphatic heterocycles. The Morgan fingerprint density at radius 1 is 0.854 bits per heavy atom. The molecule has 1 atom stereocenters. The van der Waals surface area contributed by atoms with E-state index in [2.05, 4.69) is 97.1 Å². The summed E-state index contributed by atoms with van der Waals surface area (Å²) in [5, 5.41) is 4.59. The van der Waals surface area contributed by atoms with Crippen LogP contribution in [0.1, 0.15) is 34.7 Å². The second kappa shape index (κ2) is 9.43. The van der Waals surface area contributed by atoms with Gasteiger partial charge in [-0.05, 0) is 80.9 Å². The van der Waals surface area contributed by atoms with Crippen LogP contribution in [0.15, 0.2) is 118 Å². The molecule has 5 heteroatoms. The second-order valence-corrected chi connectivity index (χ2v) is 11.6. The fraction of sp³-hybridized carbons (Fsp3) is 0.111. The Kier molecular flexibility index (Phi) is 5.54. The van der Waals surface area contributed by atoms with E-state index in [1.807, 2.05) is 16.7 Å². The number of aryl methyl sites for hydroxylation is 1. The normalized spacial score (nSPS) is 16.3. The summed E-state index contributed by atoms with van der Waals surface area (Å²) in [5.74, 6) is 0.798. The van der Waals surface area contributed by atoms with E-state index in [4.69, 9.17) is 9.73 Å². The summed E-state index contributed by atoms with van der Waals surface area (Å²) >= 11 is 1.48. The highest BCUT2D eigenvalue weighted by Crippen LogP contribution is 2.41. The Morgan fingerprint density at radius 2 is 1.54 bits per heavy atom. The maximum absolute atomic E-state index is 14.4. The molecule has 0 N–H and O–H groups in total. The number of ether oxygens (including phenoxy) is 1. The first-order valence-electron chi connectivity index (χ1n) is 13.9. The number of allylic oxidation sites excluding steroid dienone is 1. The van der Waals surface area contributed by atoms with Crippen molar-refractivity contribution in [3.05, 3.63) is 151 Å². The summed E-state index contributed by atoms with van der Waals surface area (Å²) in [6, 6.07) is 35.4. The Hall–Kier alpha value is -4.74. The number of fused-ring (bicyclic) bond motifs is 5. The van der Waals surface area contributed by atoms with Crippen molar-refractivity contribution in [3.63, 3.8) is 0 Å². The number of benzene rings is 5. The minimum absolute atomic E-state index is 0.00279. The molecule has 0 saturated heterocycles. The van der Waals surface area contributed by atoms with Gasteiger partial charge in [0.05, 0.1) is 23.4 Å². The Balaban J connectivity index is 1.42. The van der Waals surface area contributed by atoms with Gasteiger partial charge in [0.2, 0.25) is 0 Å². The minimum atomic E-state index is -0.216. The highest BCUT2D eigenvalue weighted by atomic mass is 32.1. The standard InChI is InChI=1S/C36H26N2O2S/c1-40-26-17-14-23(15-18-26)34-30-19-16-22-8-2-7-13-29(22)33(30)37-36-38(34)35(39)32(41-36)21-31-27-11-5-3-9-24(27)20-25-10-4-6-12-28(25)31/h2-15,17-18,20-21,34H,16,19H2,1H3/b32-21-/t34-/m1/s1. The molecule has 5 aromatic carbocycles. The highest BCUT2D eigenvalue weighted by Gasteiger charge is 2.32. The molecular weight excluding hydrogens is 524 g/mol. The van der Waals surface area contributed by atoms with Crippen molar-refractivity contribution in [1.82, 2.24) is 4.57 Å². The number of nitrogens with zero attached hydrogens (tertiary/aromatic N) is 2. The molecule has 41 heavy (non-hydrogen) atoms. The lowest BCUT2D eigenvalue weighted by atomic mass is 9.83. The first-order chi connectivity index (χ1) is 20.2. The molecule has 0 spiro atoms. The minimum Gasteiger partial charge on any atom is -0.497 e. The van der Waals surface area contributed by atoms with E-state index < -0.39 is 0 Å². The maximum Gasteiger partial charge on any atom is 0.271 e. The number of hydrogen-bond donors (Lipinski definition) is 0. The molecule has 6 aromatic rings. The Bertz CT molecular complexity index is 2170. The van der Waals surface area contributed by atoms with Crippen molar-refractivity contribution in [2.45, 2.75) is 18.9 Å². The van der Waals surface area contributed by atoms with Gasteiger partial charge in [0.25, 0.3) is 5.56 Å². The summed E-state index contributed by atoms with van der Waals surface area (Å²) in [5.41, 5.74) is 6.82. The molecule has 0 radical (unpaired) electrons. The highest BCUT2D eigenvalue weighted by molar-refractivity contribution is 7.07. The largest absolute Gasteiger partial charge is 0.497 e. The third kappa shape index (κ3) is 3.80. The first-order valence-corrected chi connectivity index (χ1v) is 14.7. The third-order valence-electron chi connectivity index (χ3n) is 8.39. The van der Waals surface area contributed by atoms with Gasteiger partial charge < -0.3 is 4.74 Å². The van der Waals surface area contributed by atoms with Crippen LogP contribution in [0.5, 0.6) is 5.75 Å². The van der Waals surface area contributed by atoms with Crippen LogP contribution in [-0.2, 0) is 6.42 Å². The predicted octanol–water partition coefficient (Wildman–Crippen LogP) is 6.63. The average Bonchev–Trinajstić information content (AvgIpc) is 3.34. The van der Waals surface area contributed by atoms with Gasteiger partial charge in [0.15, 0.2) is 4.80 Å². The molecule has 0 amide bonds. The van der Waals surface area contributed by atoms with Crippen molar-refractivity contribution < 1.29 is 4.74 Å². The van der Waals surface area contributed by atoms with Gasteiger partial charge in [0, 0.05) is 5.56 Å². The first kappa shape index (κ1) is 24.1. The fourth-order valence-corrected chi connectivity index (χ4v) is 7.43. The molecule has 4 nitrogen and oxygen atoms in total. The zero-order valence-electron chi connectivity index (χ0n) is 22.5. The molecule has 0 fully saturated rings. The topological polar surface area (TPSA) is 43.6 Å². The van der Waals surface area contributed by atoms with E-state index in [1.54, 1.807) is 7.11 Å². The molecule has 2 heterocycles. The number of rotatable bonds is 3. The molecule has 1 aliphatic carbocycles. The average molecular weight is 551 g/mol. The molecule has 0 bridgehead atoms.